The molecule has 2 heterocycles. The van der Waals surface area contributed by atoms with Crippen molar-refractivity contribution in [1.82, 2.24) is 4.90 Å². The van der Waals surface area contributed by atoms with Crippen LogP contribution in [-0.2, 0) is 4.84 Å². The molecule has 72 valence electrons. The number of rotatable bonds is 2. The highest BCUT2D eigenvalue weighted by Crippen LogP contribution is 2.25. The van der Waals surface area contributed by atoms with Crippen molar-refractivity contribution < 1.29 is 4.84 Å². The highest BCUT2D eigenvalue weighted by atomic mass is 16.6. The summed E-state index contributed by atoms with van der Waals surface area (Å²) in [7, 11) is 1.60. The molecule has 1 fully saturated rings. The Morgan fingerprint density at radius 3 is 3.23 bits per heavy atom. The molecule has 0 spiro atoms. The third kappa shape index (κ3) is 1.75. The normalized spacial score (nSPS) is 33.1. The summed E-state index contributed by atoms with van der Waals surface area (Å²) in [6.45, 7) is 5.55. The van der Waals surface area contributed by atoms with Crippen LogP contribution in [0.1, 0.15) is 13.3 Å². The predicted octanol–water partition coefficient (Wildman–Crippen LogP) is 1.27. The molecule has 0 aromatic carbocycles. The zero-order valence-corrected chi connectivity index (χ0v) is 8.29. The highest BCUT2D eigenvalue weighted by Gasteiger charge is 2.27. The van der Waals surface area contributed by atoms with E-state index < -0.39 is 0 Å². The lowest BCUT2D eigenvalue weighted by Crippen LogP contribution is -2.28. The Hall–Kier alpha value is -0.830. The zero-order valence-electron chi connectivity index (χ0n) is 8.29. The molecule has 2 atom stereocenters. The van der Waals surface area contributed by atoms with Gasteiger partial charge in [0.2, 0.25) is 0 Å². The van der Waals surface area contributed by atoms with Crippen LogP contribution in [-0.4, -0.2) is 37.4 Å². The predicted molar refractivity (Wildman–Crippen MR) is 52.7 cm³/mol. The Morgan fingerprint density at radius 2 is 2.54 bits per heavy atom. The van der Waals surface area contributed by atoms with Gasteiger partial charge in [0.05, 0.1) is 5.71 Å². The van der Waals surface area contributed by atoms with E-state index in [-0.39, 0.29) is 0 Å². The molecule has 2 aliphatic rings. The lowest BCUT2D eigenvalue weighted by atomic mass is 10.0. The molecule has 3 heteroatoms. The van der Waals surface area contributed by atoms with Crippen molar-refractivity contribution in [2.45, 2.75) is 13.3 Å². The maximum Gasteiger partial charge on any atom is 0.106 e. The van der Waals surface area contributed by atoms with E-state index in [9.17, 15) is 0 Å². The average Bonchev–Trinajstić information content (AvgIpc) is 2.46. The summed E-state index contributed by atoms with van der Waals surface area (Å²) in [6, 6.07) is 0. The lowest BCUT2D eigenvalue weighted by molar-refractivity contribution is 0.213. The molecule has 2 aliphatic heterocycles. The van der Waals surface area contributed by atoms with Crippen LogP contribution in [0.3, 0.4) is 0 Å². The number of hydrogen-bond donors (Lipinski definition) is 0. The summed E-state index contributed by atoms with van der Waals surface area (Å²) >= 11 is 0. The molecule has 2 rings (SSSR count). The molecular formula is C10H16N2O. The van der Waals surface area contributed by atoms with Gasteiger partial charge in [-0.25, -0.2) is 0 Å². The maximum absolute atomic E-state index is 4.78. The van der Waals surface area contributed by atoms with Crippen molar-refractivity contribution >= 4 is 5.71 Å². The second kappa shape index (κ2) is 3.50. The van der Waals surface area contributed by atoms with Crippen molar-refractivity contribution in [1.29, 1.82) is 0 Å². The van der Waals surface area contributed by atoms with E-state index in [1.54, 1.807) is 7.11 Å². The first-order valence-electron chi connectivity index (χ1n) is 4.81. The van der Waals surface area contributed by atoms with E-state index in [4.69, 9.17) is 4.84 Å². The third-order valence-corrected chi connectivity index (χ3v) is 2.83. The Morgan fingerprint density at radius 1 is 1.69 bits per heavy atom. The van der Waals surface area contributed by atoms with Crippen LogP contribution in [0.5, 0.6) is 0 Å². The van der Waals surface area contributed by atoms with Crippen LogP contribution in [0.15, 0.2) is 16.8 Å². The van der Waals surface area contributed by atoms with Crippen molar-refractivity contribution in [3.05, 3.63) is 11.6 Å². The van der Waals surface area contributed by atoms with Gasteiger partial charge in [0.1, 0.15) is 7.11 Å². The standard InChI is InChI=1S/C10H16N2O/c1-8(11-13-2)10-5-9-3-4-12(6-9)7-10/h5,9H,3-4,6-7H2,1-2H3. The minimum absolute atomic E-state index is 0.755. The summed E-state index contributed by atoms with van der Waals surface area (Å²) in [5, 5.41) is 3.97. The third-order valence-electron chi connectivity index (χ3n) is 2.83. The zero-order chi connectivity index (χ0) is 9.26. The second-order valence-electron chi connectivity index (χ2n) is 3.84. The minimum atomic E-state index is 0.755. The first-order valence-corrected chi connectivity index (χ1v) is 4.81. The number of oxime groups is 1. The molecular weight excluding hydrogens is 164 g/mol. The highest BCUT2D eigenvalue weighted by molar-refractivity contribution is 5.98. The first kappa shape index (κ1) is 8.75. The van der Waals surface area contributed by atoms with Gasteiger partial charge >= 0.3 is 0 Å². The summed E-state index contributed by atoms with van der Waals surface area (Å²) in [5.41, 5.74) is 2.37. The molecule has 0 aromatic heterocycles. The molecule has 0 aromatic rings. The van der Waals surface area contributed by atoms with Crippen molar-refractivity contribution in [2.24, 2.45) is 11.1 Å². The van der Waals surface area contributed by atoms with Gasteiger partial charge in [0.25, 0.3) is 0 Å². The van der Waals surface area contributed by atoms with Gasteiger partial charge in [-0.2, -0.15) is 0 Å². The fourth-order valence-corrected chi connectivity index (χ4v) is 2.15. The smallest absolute Gasteiger partial charge is 0.106 e. The van der Waals surface area contributed by atoms with Crippen LogP contribution < -0.4 is 0 Å². The molecule has 3 nitrogen and oxygen atoms in total. The van der Waals surface area contributed by atoms with E-state index >= 15 is 0 Å². The fourth-order valence-electron chi connectivity index (χ4n) is 2.15. The number of nitrogens with zero attached hydrogens (tertiary/aromatic N) is 2. The fraction of sp³-hybridized carbons (Fsp3) is 0.700. The van der Waals surface area contributed by atoms with Gasteiger partial charge in [-0.3, -0.25) is 4.90 Å². The topological polar surface area (TPSA) is 24.8 Å². The van der Waals surface area contributed by atoms with Crippen LogP contribution in [0.2, 0.25) is 0 Å². The van der Waals surface area contributed by atoms with Gasteiger partial charge in [-0.1, -0.05) is 11.2 Å². The number of hydrogen-bond acceptors (Lipinski definition) is 3. The minimum Gasteiger partial charge on any atom is -0.399 e. The SMILES string of the molecule is CON=C(C)C1=CC2CCN(C1)C2. The summed E-state index contributed by atoms with van der Waals surface area (Å²) in [6.07, 6.45) is 3.67. The van der Waals surface area contributed by atoms with Crippen LogP contribution >= 0.6 is 0 Å². The van der Waals surface area contributed by atoms with Gasteiger partial charge in [0.15, 0.2) is 0 Å². The monoisotopic (exact) mass is 180 g/mol. The van der Waals surface area contributed by atoms with Crippen LogP contribution in [0, 0.1) is 5.92 Å². The Labute approximate surface area is 79.0 Å². The van der Waals surface area contributed by atoms with Crippen molar-refractivity contribution in [3.8, 4) is 0 Å². The van der Waals surface area contributed by atoms with Crippen LogP contribution in [0.4, 0.5) is 0 Å². The van der Waals surface area contributed by atoms with Crippen LogP contribution in [0.25, 0.3) is 0 Å². The molecule has 13 heavy (non-hydrogen) atoms. The molecule has 0 N–H and O–H groups in total. The Bertz CT molecular complexity index is 258. The second-order valence-corrected chi connectivity index (χ2v) is 3.84. The first-order chi connectivity index (χ1) is 6.29. The lowest BCUT2D eigenvalue weighted by Gasteiger charge is -2.22. The van der Waals surface area contributed by atoms with Crippen molar-refractivity contribution in [2.75, 3.05) is 26.7 Å². The Kier molecular flexibility index (Phi) is 2.36. The Balaban J connectivity index is 2.12. The van der Waals surface area contributed by atoms with E-state index in [1.807, 2.05) is 6.92 Å². The molecule has 0 radical (unpaired) electrons. The van der Waals surface area contributed by atoms with E-state index in [2.05, 4.69) is 16.1 Å². The quantitative estimate of drug-likeness (QED) is 0.472. The van der Waals surface area contributed by atoms with E-state index in [0.29, 0.717) is 0 Å². The van der Waals surface area contributed by atoms with Gasteiger partial charge < -0.3 is 4.84 Å². The van der Waals surface area contributed by atoms with Gasteiger partial charge in [-0.15, -0.1) is 0 Å². The molecule has 0 saturated carbocycles. The molecule has 2 bridgehead atoms. The average molecular weight is 180 g/mol. The summed E-state index contributed by atoms with van der Waals surface area (Å²) in [5.74, 6) is 0.755. The molecule has 2 unspecified atom stereocenters. The summed E-state index contributed by atoms with van der Waals surface area (Å²) < 4.78 is 0. The molecule has 0 aliphatic carbocycles. The molecule has 0 amide bonds. The van der Waals surface area contributed by atoms with Gasteiger partial charge in [0, 0.05) is 13.1 Å². The molecule has 1 saturated heterocycles. The van der Waals surface area contributed by atoms with Gasteiger partial charge in [-0.05, 0) is 31.4 Å². The van der Waals surface area contributed by atoms with E-state index in [1.165, 1.54) is 25.1 Å². The maximum atomic E-state index is 4.78. The largest absolute Gasteiger partial charge is 0.399 e. The van der Waals surface area contributed by atoms with E-state index in [0.717, 1.165) is 18.2 Å². The van der Waals surface area contributed by atoms with Crippen molar-refractivity contribution in [3.63, 3.8) is 0 Å². The number of fused-ring (bicyclic) bond motifs is 2. The summed E-state index contributed by atoms with van der Waals surface area (Å²) in [4.78, 5) is 7.26.